The standard InChI is InChI=1S/C14H12N4O/c19-10-15-12-7-5-11(6-8-12)9-18-14-4-2-1-3-13(14)16-17-18/h1-8,10H,9H2,(H,15,19). The van der Waals surface area contributed by atoms with Crippen molar-refractivity contribution in [2.75, 3.05) is 5.32 Å². The van der Waals surface area contributed by atoms with Crippen LogP contribution in [0.1, 0.15) is 5.56 Å². The Morgan fingerprint density at radius 3 is 2.68 bits per heavy atom. The molecule has 1 N–H and O–H groups in total. The van der Waals surface area contributed by atoms with Gasteiger partial charge in [0.1, 0.15) is 5.52 Å². The summed E-state index contributed by atoms with van der Waals surface area (Å²) in [6, 6.07) is 15.5. The molecule has 0 radical (unpaired) electrons. The van der Waals surface area contributed by atoms with Gasteiger partial charge < -0.3 is 5.32 Å². The smallest absolute Gasteiger partial charge is 0.211 e. The number of nitrogens with one attached hydrogen (secondary N) is 1. The molecule has 5 heteroatoms. The molecule has 1 aromatic heterocycles. The molecule has 5 nitrogen and oxygen atoms in total. The van der Waals surface area contributed by atoms with Crippen LogP contribution in [0, 0.1) is 0 Å². The van der Waals surface area contributed by atoms with Gasteiger partial charge >= 0.3 is 0 Å². The number of hydrogen-bond donors (Lipinski definition) is 1. The van der Waals surface area contributed by atoms with Gasteiger partial charge in [0.15, 0.2) is 0 Å². The maximum absolute atomic E-state index is 10.3. The highest BCUT2D eigenvalue weighted by Gasteiger charge is 2.03. The number of carbonyl (C=O) groups is 1. The van der Waals surface area contributed by atoms with Crippen LogP contribution in [0.15, 0.2) is 48.5 Å². The second-order valence-corrected chi connectivity index (χ2v) is 4.19. The van der Waals surface area contributed by atoms with E-state index in [1.54, 1.807) is 0 Å². The summed E-state index contributed by atoms with van der Waals surface area (Å²) in [5.74, 6) is 0. The molecule has 94 valence electrons. The average molecular weight is 252 g/mol. The molecule has 0 bridgehead atoms. The summed E-state index contributed by atoms with van der Waals surface area (Å²) in [7, 11) is 0. The van der Waals surface area contributed by atoms with Crippen molar-refractivity contribution in [1.29, 1.82) is 0 Å². The van der Waals surface area contributed by atoms with Crippen LogP contribution in [0.4, 0.5) is 5.69 Å². The van der Waals surface area contributed by atoms with Crippen molar-refractivity contribution >= 4 is 23.1 Å². The van der Waals surface area contributed by atoms with Gasteiger partial charge in [-0.3, -0.25) is 4.79 Å². The van der Waals surface area contributed by atoms with Gasteiger partial charge in [-0.15, -0.1) is 5.10 Å². The Balaban J connectivity index is 1.86. The first-order valence-electron chi connectivity index (χ1n) is 5.94. The minimum Gasteiger partial charge on any atom is -0.329 e. The molecular weight excluding hydrogens is 240 g/mol. The molecule has 0 aliphatic carbocycles. The predicted octanol–water partition coefficient (Wildman–Crippen LogP) is 2.05. The van der Waals surface area contributed by atoms with E-state index in [0.717, 1.165) is 22.3 Å². The van der Waals surface area contributed by atoms with Crippen LogP contribution in [0.2, 0.25) is 0 Å². The van der Waals surface area contributed by atoms with Crippen molar-refractivity contribution in [3.05, 3.63) is 54.1 Å². The minimum absolute atomic E-state index is 0.655. The Morgan fingerprint density at radius 1 is 1.11 bits per heavy atom. The molecule has 1 amide bonds. The van der Waals surface area contributed by atoms with Crippen LogP contribution >= 0.6 is 0 Å². The zero-order valence-corrected chi connectivity index (χ0v) is 10.2. The lowest BCUT2D eigenvalue weighted by molar-refractivity contribution is -0.105. The molecule has 0 fully saturated rings. The zero-order valence-electron chi connectivity index (χ0n) is 10.2. The molecule has 0 unspecified atom stereocenters. The van der Waals surface area contributed by atoms with Crippen molar-refractivity contribution in [1.82, 2.24) is 15.0 Å². The Morgan fingerprint density at radius 2 is 1.89 bits per heavy atom. The summed E-state index contributed by atoms with van der Waals surface area (Å²) in [6.07, 6.45) is 0.667. The third-order valence-corrected chi connectivity index (χ3v) is 2.93. The Hall–Kier alpha value is -2.69. The third kappa shape index (κ3) is 2.30. The maximum Gasteiger partial charge on any atom is 0.211 e. The first kappa shape index (κ1) is 11.4. The van der Waals surface area contributed by atoms with E-state index >= 15 is 0 Å². The largest absolute Gasteiger partial charge is 0.329 e. The molecular formula is C14H12N4O. The Kier molecular flexibility index (Phi) is 2.94. The van der Waals surface area contributed by atoms with Gasteiger partial charge in [-0.1, -0.05) is 29.5 Å². The number of aromatic nitrogens is 3. The van der Waals surface area contributed by atoms with Gasteiger partial charge in [-0.05, 0) is 29.8 Å². The topological polar surface area (TPSA) is 59.8 Å². The molecule has 2 aromatic carbocycles. The quantitative estimate of drug-likeness (QED) is 0.723. The summed E-state index contributed by atoms with van der Waals surface area (Å²) < 4.78 is 1.86. The van der Waals surface area contributed by atoms with Crippen molar-refractivity contribution < 1.29 is 4.79 Å². The van der Waals surface area contributed by atoms with Gasteiger partial charge in [-0.25, -0.2) is 4.68 Å². The normalized spacial score (nSPS) is 10.5. The number of carbonyl (C=O) groups excluding carboxylic acids is 1. The van der Waals surface area contributed by atoms with E-state index in [2.05, 4.69) is 15.6 Å². The number of nitrogens with zero attached hydrogens (tertiary/aromatic N) is 3. The van der Waals surface area contributed by atoms with Crippen LogP contribution < -0.4 is 5.32 Å². The van der Waals surface area contributed by atoms with Crippen LogP contribution in [0.25, 0.3) is 11.0 Å². The number of fused-ring (bicyclic) bond motifs is 1. The molecule has 3 rings (SSSR count). The van der Waals surface area contributed by atoms with Gasteiger partial charge in [0.25, 0.3) is 0 Å². The lowest BCUT2D eigenvalue weighted by Crippen LogP contribution is -2.02. The second-order valence-electron chi connectivity index (χ2n) is 4.19. The van der Waals surface area contributed by atoms with Crippen molar-refractivity contribution in [3.63, 3.8) is 0 Å². The number of para-hydroxylation sites is 1. The number of rotatable bonds is 4. The highest BCUT2D eigenvalue weighted by Crippen LogP contribution is 2.14. The van der Waals surface area contributed by atoms with Gasteiger partial charge in [-0.2, -0.15) is 0 Å². The summed E-state index contributed by atoms with van der Waals surface area (Å²) in [6.45, 7) is 0.655. The predicted molar refractivity (Wildman–Crippen MR) is 72.8 cm³/mol. The molecule has 0 spiro atoms. The Labute approximate surface area is 109 Å². The van der Waals surface area contributed by atoms with Crippen molar-refractivity contribution in [3.8, 4) is 0 Å². The van der Waals surface area contributed by atoms with Crippen molar-refractivity contribution in [2.45, 2.75) is 6.54 Å². The molecule has 3 aromatic rings. The van der Waals surface area contributed by atoms with E-state index in [-0.39, 0.29) is 0 Å². The van der Waals surface area contributed by atoms with Gasteiger partial charge in [0.2, 0.25) is 6.41 Å². The monoisotopic (exact) mass is 252 g/mol. The fourth-order valence-electron chi connectivity index (χ4n) is 1.98. The highest BCUT2D eigenvalue weighted by molar-refractivity contribution is 5.74. The lowest BCUT2D eigenvalue weighted by atomic mass is 10.2. The number of anilines is 1. The molecule has 0 saturated heterocycles. The van der Waals surface area contributed by atoms with Gasteiger partial charge in [0, 0.05) is 5.69 Å². The van der Waals surface area contributed by atoms with Crippen LogP contribution in [0.3, 0.4) is 0 Å². The van der Waals surface area contributed by atoms with Gasteiger partial charge in [0.05, 0.1) is 12.1 Å². The molecule has 1 heterocycles. The maximum atomic E-state index is 10.3. The number of hydrogen-bond acceptors (Lipinski definition) is 3. The fourth-order valence-corrected chi connectivity index (χ4v) is 1.98. The van der Waals surface area contributed by atoms with Crippen LogP contribution in [-0.2, 0) is 11.3 Å². The van der Waals surface area contributed by atoms with Crippen molar-refractivity contribution in [2.24, 2.45) is 0 Å². The van der Waals surface area contributed by atoms with E-state index in [4.69, 9.17) is 0 Å². The summed E-state index contributed by atoms with van der Waals surface area (Å²) in [5.41, 5.74) is 3.79. The highest BCUT2D eigenvalue weighted by atomic mass is 16.1. The third-order valence-electron chi connectivity index (χ3n) is 2.93. The molecule has 0 saturated carbocycles. The number of amides is 1. The summed E-state index contributed by atoms with van der Waals surface area (Å²) in [5, 5.41) is 10.9. The summed E-state index contributed by atoms with van der Waals surface area (Å²) >= 11 is 0. The molecule has 0 aliphatic heterocycles. The molecule has 0 atom stereocenters. The van der Waals surface area contributed by atoms with E-state index < -0.39 is 0 Å². The SMILES string of the molecule is O=CNc1ccc(Cn2nnc3ccccc32)cc1. The fraction of sp³-hybridized carbons (Fsp3) is 0.0714. The summed E-state index contributed by atoms with van der Waals surface area (Å²) in [4.78, 5) is 10.3. The average Bonchev–Trinajstić information content (AvgIpc) is 2.85. The van der Waals surface area contributed by atoms with E-state index in [1.807, 2.05) is 53.2 Å². The van der Waals surface area contributed by atoms with E-state index in [9.17, 15) is 4.79 Å². The second kappa shape index (κ2) is 4.89. The van der Waals surface area contributed by atoms with E-state index in [0.29, 0.717) is 13.0 Å². The zero-order chi connectivity index (χ0) is 13.1. The number of benzene rings is 2. The van der Waals surface area contributed by atoms with Crippen LogP contribution in [-0.4, -0.2) is 21.4 Å². The first-order chi connectivity index (χ1) is 9.36. The van der Waals surface area contributed by atoms with E-state index in [1.165, 1.54) is 0 Å². The molecule has 0 aliphatic rings. The lowest BCUT2D eigenvalue weighted by Gasteiger charge is -2.04. The first-order valence-corrected chi connectivity index (χ1v) is 5.94. The minimum atomic E-state index is 0.655. The Bertz CT molecular complexity index is 703. The molecule has 19 heavy (non-hydrogen) atoms. The van der Waals surface area contributed by atoms with Crippen LogP contribution in [0.5, 0.6) is 0 Å².